The van der Waals surface area contributed by atoms with E-state index in [4.69, 9.17) is 0 Å². The Kier molecular flexibility index (Phi) is 6.33. The summed E-state index contributed by atoms with van der Waals surface area (Å²) in [5.74, 6) is 0. The number of halogens is 1. The Labute approximate surface area is 99.6 Å². The summed E-state index contributed by atoms with van der Waals surface area (Å²) in [6, 6.07) is 9.02. The monoisotopic (exact) mass is 432 g/mol. The van der Waals surface area contributed by atoms with Gasteiger partial charge in [-0.15, -0.1) is 13.0 Å². The van der Waals surface area contributed by atoms with Crippen molar-refractivity contribution in [1.29, 1.82) is 0 Å². The fourth-order valence-electron chi connectivity index (χ4n) is 0.697. The molecular formula is C9H7BrU. The Morgan fingerprint density at radius 2 is 2.27 bits per heavy atom. The summed E-state index contributed by atoms with van der Waals surface area (Å²) >= 11 is 3.33. The molecule has 0 aliphatic heterocycles. The van der Waals surface area contributed by atoms with Gasteiger partial charge in [0.05, 0.1) is 0 Å². The average molecular weight is 433 g/mol. The van der Waals surface area contributed by atoms with Crippen molar-refractivity contribution >= 4 is 22.0 Å². The van der Waals surface area contributed by atoms with Crippen LogP contribution >= 0.6 is 15.9 Å². The van der Waals surface area contributed by atoms with E-state index in [9.17, 15) is 0 Å². The first kappa shape index (κ1) is 11.5. The van der Waals surface area contributed by atoms with Crippen LogP contribution in [0.25, 0.3) is 6.08 Å². The summed E-state index contributed by atoms with van der Waals surface area (Å²) in [4.78, 5) is 0. The van der Waals surface area contributed by atoms with E-state index in [1.165, 1.54) is 0 Å². The van der Waals surface area contributed by atoms with Crippen LogP contribution < -0.4 is 0 Å². The van der Waals surface area contributed by atoms with Gasteiger partial charge in [0.25, 0.3) is 0 Å². The molecule has 0 N–H and O–H groups in total. The Bertz CT molecular complexity index is 243. The topological polar surface area (TPSA) is 0 Å². The van der Waals surface area contributed by atoms with Crippen LogP contribution in [0.2, 0.25) is 0 Å². The molecule has 0 saturated carbocycles. The van der Waals surface area contributed by atoms with E-state index in [0.717, 1.165) is 10.0 Å². The minimum Gasteiger partial charge on any atom is -0.330 e. The number of hydrogen-bond acceptors (Lipinski definition) is 0. The van der Waals surface area contributed by atoms with Crippen LogP contribution in [-0.4, -0.2) is 0 Å². The molecule has 0 unspecified atom stereocenters. The van der Waals surface area contributed by atoms with Crippen molar-refractivity contribution in [2.24, 2.45) is 0 Å². The Hall–Kier alpha value is 0.492. The minimum atomic E-state index is 0. The molecular weight excluding hydrogens is 426 g/mol. The second kappa shape index (κ2) is 6.06. The van der Waals surface area contributed by atoms with Gasteiger partial charge in [-0.2, -0.15) is 6.07 Å². The molecule has 0 bridgehead atoms. The van der Waals surface area contributed by atoms with E-state index in [1.54, 1.807) is 0 Å². The molecule has 1 aromatic carbocycles. The Morgan fingerprint density at radius 3 is 2.82 bits per heavy atom. The SMILES string of the molecule is C[C-]=Cc1[c-]c(Br)ccc1.[U+2]. The van der Waals surface area contributed by atoms with Crippen molar-refractivity contribution < 1.29 is 31.1 Å². The first-order valence-corrected chi connectivity index (χ1v) is 3.80. The van der Waals surface area contributed by atoms with Crippen molar-refractivity contribution in [2.75, 3.05) is 0 Å². The Morgan fingerprint density at radius 1 is 1.55 bits per heavy atom. The minimum absolute atomic E-state index is 0. The molecule has 0 atom stereocenters. The summed E-state index contributed by atoms with van der Waals surface area (Å²) in [7, 11) is 0. The summed E-state index contributed by atoms with van der Waals surface area (Å²) in [5, 5.41) is 0. The molecule has 0 heterocycles. The molecule has 1 aromatic rings. The predicted molar refractivity (Wildman–Crippen MR) is 46.4 cm³/mol. The molecule has 0 fully saturated rings. The zero-order valence-electron chi connectivity index (χ0n) is 6.19. The molecule has 0 spiro atoms. The molecule has 0 nitrogen and oxygen atoms in total. The van der Waals surface area contributed by atoms with Gasteiger partial charge in [-0.05, 0) is 0 Å². The Balaban J connectivity index is 0.000001000. The normalized spacial score (nSPS) is 9.64. The largest absolute Gasteiger partial charge is 2.00 e. The maximum atomic E-state index is 3.33. The molecule has 1 rings (SSSR count). The third kappa shape index (κ3) is 4.16. The zero-order valence-corrected chi connectivity index (χ0v) is 11.9. The fourth-order valence-corrected chi connectivity index (χ4v) is 1.08. The van der Waals surface area contributed by atoms with Gasteiger partial charge in [-0.1, -0.05) is 20.4 Å². The van der Waals surface area contributed by atoms with Crippen molar-refractivity contribution in [1.82, 2.24) is 0 Å². The van der Waals surface area contributed by atoms with Crippen LogP contribution in [0.1, 0.15) is 12.5 Å². The van der Waals surface area contributed by atoms with Crippen molar-refractivity contribution in [2.45, 2.75) is 6.92 Å². The maximum Gasteiger partial charge on any atom is 2.00 e. The average Bonchev–Trinajstić information content (AvgIpc) is 1.88. The molecule has 2 heteroatoms. The molecule has 0 aromatic heterocycles. The molecule has 0 radical (unpaired) electrons. The van der Waals surface area contributed by atoms with Crippen molar-refractivity contribution in [3.05, 3.63) is 40.4 Å². The molecule has 0 amide bonds. The van der Waals surface area contributed by atoms with Crippen LogP contribution in [0.15, 0.2) is 22.7 Å². The van der Waals surface area contributed by atoms with E-state index >= 15 is 0 Å². The first-order valence-electron chi connectivity index (χ1n) is 3.01. The van der Waals surface area contributed by atoms with Gasteiger partial charge < -0.3 is 17.7 Å². The third-order valence-corrected chi connectivity index (χ3v) is 1.54. The molecule has 0 aliphatic rings. The van der Waals surface area contributed by atoms with Crippen LogP contribution in [0.3, 0.4) is 0 Å². The summed E-state index contributed by atoms with van der Waals surface area (Å²) in [6.07, 6.45) is 4.83. The summed E-state index contributed by atoms with van der Waals surface area (Å²) in [5.41, 5.74) is 1.05. The smallest absolute Gasteiger partial charge is 0.330 e. The molecule has 54 valence electrons. The third-order valence-electron chi connectivity index (χ3n) is 1.08. The van der Waals surface area contributed by atoms with Crippen LogP contribution in [0.5, 0.6) is 0 Å². The molecule has 11 heavy (non-hydrogen) atoms. The van der Waals surface area contributed by atoms with Crippen LogP contribution in [-0.2, 0) is 0 Å². The summed E-state index contributed by atoms with van der Waals surface area (Å²) in [6.45, 7) is 1.87. The maximum absolute atomic E-state index is 3.33. The van der Waals surface area contributed by atoms with Gasteiger partial charge in [-0.25, -0.2) is 12.1 Å². The molecule has 0 aliphatic carbocycles. The fraction of sp³-hybridized carbons (Fsp3) is 0.111. The number of rotatable bonds is 1. The van der Waals surface area contributed by atoms with E-state index in [2.05, 4.69) is 28.1 Å². The van der Waals surface area contributed by atoms with E-state index in [-0.39, 0.29) is 31.1 Å². The van der Waals surface area contributed by atoms with Gasteiger partial charge in [0.1, 0.15) is 0 Å². The quantitative estimate of drug-likeness (QED) is 0.598. The predicted octanol–water partition coefficient (Wildman–Crippen LogP) is 3.09. The first-order chi connectivity index (χ1) is 4.83. The van der Waals surface area contributed by atoms with Gasteiger partial charge >= 0.3 is 31.1 Å². The zero-order chi connectivity index (χ0) is 7.40. The van der Waals surface area contributed by atoms with Crippen molar-refractivity contribution in [3.8, 4) is 0 Å². The van der Waals surface area contributed by atoms with E-state index in [1.807, 2.05) is 31.2 Å². The van der Waals surface area contributed by atoms with Crippen LogP contribution in [0.4, 0.5) is 0 Å². The van der Waals surface area contributed by atoms with Crippen LogP contribution in [0, 0.1) is 43.3 Å². The number of hydrogen-bond donors (Lipinski definition) is 0. The second-order valence-electron chi connectivity index (χ2n) is 1.89. The van der Waals surface area contributed by atoms with Crippen molar-refractivity contribution in [3.63, 3.8) is 0 Å². The van der Waals surface area contributed by atoms with E-state index < -0.39 is 0 Å². The van der Waals surface area contributed by atoms with Gasteiger partial charge in [-0.3, -0.25) is 0 Å². The van der Waals surface area contributed by atoms with Gasteiger partial charge in [0.15, 0.2) is 0 Å². The van der Waals surface area contributed by atoms with E-state index in [0.29, 0.717) is 0 Å². The second-order valence-corrected chi connectivity index (χ2v) is 2.74. The number of benzene rings is 1. The number of allylic oxidation sites excluding steroid dienone is 1. The summed E-state index contributed by atoms with van der Waals surface area (Å²) < 4.78 is 0.983. The van der Waals surface area contributed by atoms with Gasteiger partial charge in [0.2, 0.25) is 0 Å². The standard InChI is InChI=1S/C9H7Br.U/c1-2-4-8-5-3-6-9(10)7-8;/h3-6H,1H3;/q-2;+2. The van der Waals surface area contributed by atoms with Gasteiger partial charge in [0, 0.05) is 0 Å². The molecule has 0 saturated heterocycles.